The molecule has 4 aliphatic rings. The molecule has 1 heterocycles. The van der Waals surface area contributed by atoms with E-state index in [9.17, 15) is 4.79 Å². The molecular formula is C113H137N3O11. The minimum absolute atomic E-state index is 0.000790. The maximum absolute atomic E-state index is 13.7. The molecule has 14 rings (SSSR count). The molecule has 1 N–H and O–H groups in total. The third kappa shape index (κ3) is 23.3. The summed E-state index contributed by atoms with van der Waals surface area (Å²) < 4.78 is 51.3. The summed E-state index contributed by atoms with van der Waals surface area (Å²) in [5.41, 5.74) is 33.6. The van der Waals surface area contributed by atoms with Gasteiger partial charge in [-0.25, -0.2) is 4.79 Å². The molecule has 0 radical (unpaired) electrons. The average molecular weight is 1710 g/mol. The average Bonchev–Trinajstić information content (AvgIpc) is 1.53. The van der Waals surface area contributed by atoms with Crippen molar-refractivity contribution in [3.8, 4) is 16.9 Å². The molecule has 0 amide bonds. The number of aliphatic hydroxyl groups excluding tert-OH is 1. The van der Waals surface area contributed by atoms with Crippen LogP contribution < -0.4 is 19.4 Å². The summed E-state index contributed by atoms with van der Waals surface area (Å²) in [6, 6.07) is 71.8. The van der Waals surface area contributed by atoms with Crippen molar-refractivity contribution in [3.63, 3.8) is 0 Å². The van der Waals surface area contributed by atoms with E-state index in [-0.39, 0.29) is 54.9 Å². The van der Waals surface area contributed by atoms with Crippen LogP contribution in [0.5, 0.6) is 5.75 Å². The van der Waals surface area contributed by atoms with Crippen LogP contribution in [-0.4, -0.2) is 128 Å². The van der Waals surface area contributed by atoms with E-state index in [1.54, 1.807) is 14.0 Å². The van der Waals surface area contributed by atoms with Gasteiger partial charge in [0.2, 0.25) is 0 Å². The number of carbonyl (C=O) groups excluding carboxylic acids is 1. The van der Waals surface area contributed by atoms with Crippen molar-refractivity contribution >= 4 is 45.8 Å². The number of hydrogen-bond donors (Lipinski definition) is 1. The largest absolute Gasteiger partial charge is 0.490 e. The minimum Gasteiger partial charge on any atom is -0.490 e. The first kappa shape index (κ1) is 95.6. The number of aryl methyl sites for hydroxylation is 10. The Morgan fingerprint density at radius 3 is 1.32 bits per heavy atom. The molecule has 0 saturated carbocycles. The van der Waals surface area contributed by atoms with E-state index < -0.39 is 11.4 Å². The monoisotopic (exact) mass is 1710 g/mol. The number of benzene rings is 10. The highest BCUT2D eigenvalue weighted by atomic mass is 16.6. The zero-order valence-electron chi connectivity index (χ0n) is 79.1. The molecular weight excluding hydrogens is 1580 g/mol. The first-order valence-corrected chi connectivity index (χ1v) is 45.6. The van der Waals surface area contributed by atoms with E-state index in [0.29, 0.717) is 84.0 Å². The van der Waals surface area contributed by atoms with Gasteiger partial charge in [0.05, 0.1) is 115 Å². The fourth-order valence-corrected chi connectivity index (χ4v) is 17.7. The lowest BCUT2D eigenvalue weighted by Crippen LogP contribution is -2.60. The van der Waals surface area contributed by atoms with Crippen LogP contribution in [0.1, 0.15) is 187 Å². The second-order valence-corrected chi connectivity index (χ2v) is 36.5. The van der Waals surface area contributed by atoms with Crippen LogP contribution in [-0.2, 0) is 67.2 Å². The molecule has 1 saturated heterocycles. The standard InChI is InChI=1S/C45H56O10.C44H52N2.C24H29NO/c1-6-54-44(47)40-30-37(11-14-43(40)55-26-25-52-22-21-50-18-17-48-5)45(41-27-32(2)7-12-38(41)39-13-8-33(3)28-42(39)45)36-10-9-35(34(4)29-36)31-53-24-23-51-20-19-49-16-15-46;1-29-13-17-37(18-14-29)45(41-31(3)25-35(26-32(41)4)43(7,8)9)39-21-23-40(24-22-39)46(38-19-15-30(2)16-20-38)42-33(5)27-36(28-34(42)6)44(10,11)12;1-4-5-6-19-9-11-20(12-10-19)25-21-13-7-17(2)15-23(21)26-24-16-18(3)8-14-22(24)25/h7-14,27-30,46H,6,15-26,31H2,1-5H3;13-28H,1-12H3;7-16,21-24H,4-6H2,1-3H3. The number of allylic oxidation sites excluding steroid dienone is 4. The van der Waals surface area contributed by atoms with Gasteiger partial charge in [0.15, 0.2) is 0 Å². The van der Waals surface area contributed by atoms with Crippen molar-refractivity contribution in [1.29, 1.82) is 0 Å². The van der Waals surface area contributed by atoms with Gasteiger partial charge in [-0.15, -0.1) is 0 Å². The van der Waals surface area contributed by atoms with Crippen LogP contribution in [0.4, 0.5) is 39.8 Å². The van der Waals surface area contributed by atoms with Crippen molar-refractivity contribution in [2.75, 3.05) is 108 Å². The van der Waals surface area contributed by atoms with Crippen LogP contribution in [0.15, 0.2) is 242 Å². The number of ether oxygens (including phenoxy) is 9. The van der Waals surface area contributed by atoms with Crippen molar-refractivity contribution < 1.29 is 52.5 Å². The Kier molecular flexibility index (Phi) is 33.1. The maximum Gasteiger partial charge on any atom is 0.341 e. The normalized spacial score (nSPS) is 15.9. The van der Waals surface area contributed by atoms with Gasteiger partial charge in [0, 0.05) is 35.5 Å². The molecule has 1 fully saturated rings. The molecule has 127 heavy (non-hydrogen) atoms. The minimum atomic E-state index is -0.746. The smallest absolute Gasteiger partial charge is 0.341 e. The van der Waals surface area contributed by atoms with Gasteiger partial charge in [-0.05, 0) is 263 Å². The lowest BCUT2D eigenvalue weighted by molar-refractivity contribution is -0.00640. The molecule has 0 spiro atoms. The fraction of sp³-hybridized carbons (Fsp3) is 0.389. The predicted molar refractivity (Wildman–Crippen MR) is 522 cm³/mol. The van der Waals surface area contributed by atoms with E-state index in [2.05, 4.69) is 358 Å². The zero-order valence-corrected chi connectivity index (χ0v) is 79.1. The topological polar surface area (TPSA) is 130 Å². The lowest BCUT2D eigenvalue weighted by atomic mass is 9.66. The maximum atomic E-state index is 13.7. The number of carbonyl (C=O) groups is 1. The first-order valence-electron chi connectivity index (χ1n) is 45.6. The summed E-state index contributed by atoms with van der Waals surface area (Å²) in [5.74, 6) is -0.00574. The molecule has 670 valence electrons. The molecule has 14 heteroatoms. The summed E-state index contributed by atoms with van der Waals surface area (Å²) >= 11 is 0. The Balaban J connectivity index is 0.000000183. The summed E-state index contributed by atoms with van der Waals surface area (Å²) in [6.45, 7) is 47.0. The zero-order chi connectivity index (χ0) is 90.7. The Bertz CT molecular complexity index is 5200. The number of nitrogens with zero attached hydrogens (tertiary/aromatic N) is 3. The van der Waals surface area contributed by atoms with Gasteiger partial charge >= 0.3 is 5.97 Å². The van der Waals surface area contributed by atoms with Gasteiger partial charge in [-0.3, -0.25) is 0 Å². The summed E-state index contributed by atoms with van der Waals surface area (Å²) in [6.07, 6.45) is 17.5. The lowest BCUT2D eigenvalue weighted by Gasteiger charge is -2.50. The molecule has 1 aliphatic heterocycles. The number of fused-ring (bicyclic) bond motifs is 5. The van der Waals surface area contributed by atoms with E-state index in [1.807, 2.05) is 12.1 Å². The van der Waals surface area contributed by atoms with Crippen LogP contribution in [0.2, 0.25) is 0 Å². The van der Waals surface area contributed by atoms with Crippen LogP contribution in [0.3, 0.4) is 0 Å². The summed E-state index contributed by atoms with van der Waals surface area (Å²) in [4.78, 5) is 21.0. The van der Waals surface area contributed by atoms with E-state index in [4.69, 9.17) is 47.7 Å². The number of unbranched alkanes of at least 4 members (excludes halogenated alkanes) is 1. The fourth-order valence-electron chi connectivity index (χ4n) is 17.7. The Labute approximate surface area is 758 Å². The van der Waals surface area contributed by atoms with Crippen molar-refractivity contribution in [2.45, 2.75) is 198 Å². The van der Waals surface area contributed by atoms with Gasteiger partial charge in [-0.2, -0.15) is 0 Å². The van der Waals surface area contributed by atoms with Crippen LogP contribution in [0.25, 0.3) is 11.1 Å². The molecule has 4 atom stereocenters. The predicted octanol–water partition coefficient (Wildman–Crippen LogP) is 25.2. The van der Waals surface area contributed by atoms with Crippen LogP contribution >= 0.6 is 0 Å². The number of morpholine rings is 1. The third-order valence-corrected chi connectivity index (χ3v) is 24.4. The number of hydrogen-bond acceptors (Lipinski definition) is 14. The Morgan fingerprint density at radius 1 is 0.457 bits per heavy atom. The molecule has 0 aromatic heterocycles. The van der Waals surface area contributed by atoms with Crippen molar-refractivity contribution in [1.82, 2.24) is 0 Å². The Morgan fingerprint density at radius 2 is 0.882 bits per heavy atom. The van der Waals surface area contributed by atoms with Crippen molar-refractivity contribution in [3.05, 3.63) is 342 Å². The molecule has 0 bridgehead atoms. The second kappa shape index (κ2) is 44.0. The number of methoxy groups -OCH3 is 1. The SMILES string of the molecule is CCCCc1ccc(N2C3C=CC(C)=CC3OC3C=C(C)C=CC32)cc1.CCOC(=O)c1cc(C2(c3ccc(COCCOCCOCCO)c(C)c3)c3cc(C)ccc3-c3ccc(C)cc32)ccc1OCCOCCOCCOC.Cc1ccc(N(c2ccc(N(c3ccc(C)cc3)c3c(C)cc(C(C)(C)C)cc3C)cc2)c2c(C)cc(C(C)(C)C)cc2C)cc1. The molecule has 10 aromatic rings. The van der Waals surface area contributed by atoms with Crippen molar-refractivity contribution in [2.24, 2.45) is 0 Å². The molecule has 3 aliphatic carbocycles. The van der Waals surface area contributed by atoms with E-state index >= 15 is 0 Å². The van der Waals surface area contributed by atoms with Crippen LogP contribution in [0, 0.1) is 62.3 Å². The van der Waals surface area contributed by atoms with E-state index in [1.165, 1.54) is 97.5 Å². The highest BCUT2D eigenvalue weighted by molar-refractivity contribution is 5.94. The number of anilines is 7. The molecule has 14 nitrogen and oxygen atoms in total. The quantitative estimate of drug-likeness (QED) is 0.0303. The molecule has 4 unspecified atom stereocenters. The number of esters is 1. The van der Waals surface area contributed by atoms with E-state index in [0.717, 1.165) is 78.4 Å². The van der Waals surface area contributed by atoms with Gasteiger partial charge in [0.25, 0.3) is 0 Å². The molecule has 10 aromatic carbocycles. The van der Waals surface area contributed by atoms with Gasteiger partial charge in [-0.1, -0.05) is 246 Å². The summed E-state index contributed by atoms with van der Waals surface area (Å²) in [7, 11) is 1.64. The Hall–Kier alpha value is -10.5. The van der Waals surface area contributed by atoms with Gasteiger partial charge < -0.3 is 62.4 Å². The second-order valence-electron chi connectivity index (χ2n) is 36.5. The van der Waals surface area contributed by atoms with Gasteiger partial charge in [0.1, 0.15) is 30.1 Å². The highest BCUT2D eigenvalue weighted by Crippen LogP contribution is 2.58. The summed E-state index contributed by atoms with van der Waals surface area (Å²) in [5, 5.41) is 8.84. The first-order chi connectivity index (χ1) is 61.0. The highest BCUT2D eigenvalue weighted by Gasteiger charge is 2.48. The number of aliphatic hydroxyl groups is 1. The number of rotatable bonds is 34. The third-order valence-electron chi connectivity index (χ3n) is 24.4.